The maximum absolute atomic E-state index is 12.3. The Balaban J connectivity index is 2.25. The van der Waals surface area contributed by atoms with E-state index < -0.39 is 6.10 Å². The molecule has 5 heteroatoms. The van der Waals surface area contributed by atoms with E-state index in [1.54, 1.807) is 27.1 Å². The lowest BCUT2D eigenvalue weighted by molar-refractivity contribution is -0.135. The average Bonchev–Trinajstić information content (AvgIpc) is 2.60. The van der Waals surface area contributed by atoms with Gasteiger partial charge in [-0.1, -0.05) is 13.0 Å². The fraction of sp³-hybridized carbons (Fsp3) is 0.524. The van der Waals surface area contributed by atoms with Crippen molar-refractivity contribution in [2.24, 2.45) is 5.92 Å². The van der Waals surface area contributed by atoms with Crippen molar-refractivity contribution in [3.63, 3.8) is 0 Å². The van der Waals surface area contributed by atoms with Crippen molar-refractivity contribution in [1.82, 2.24) is 4.90 Å². The van der Waals surface area contributed by atoms with Gasteiger partial charge in [0.25, 0.3) is 5.91 Å². The number of carbonyl (C=O) groups is 2. The van der Waals surface area contributed by atoms with Crippen molar-refractivity contribution in [3.8, 4) is 11.5 Å². The summed E-state index contributed by atoms with van der Waals surface area (Å²) in [5.41, 5.74) is 1.78. The topological polar surface area (TPSA) is 55.8 Å². The quantitative estimate of drug-likeness (QED) is 0.727. The Morgan fingerprint density at radius 2 is 2.08 bits per heavy atom. The van der Waals surface area contributed by atoms with E-state index in [0.29, 0.717) is 18.1 Å². The van der Waals surface area contributed by atoms with Gasteiger partial charge in [-0.25, -0.2) is 0 Å². The first kappa shape index (κ1) is 20.0. The summed E-state index contributed by atoms with van der Waals surface area (Å²) in [5.74, 6) is 1.33. The molecule has 1 fully saturated rings. The Morgan fingerprint density at radius 3 is 2.73 bits per heavy atom. The Kier molecular flexibility index (Phi) is 6.83. The summed E-state index contributed by atoms with van der Waals surface area (Å²) in [4.78, 5) is 25.9. The van der Waals surface area contributed by atoms with Crippen molar-refractivity contribution in [2.75, 3.05) is 20.7 Å². The Labute approximate surface area is 156 Å². The highest BCUT2D eigenvalue weighted by Crippen LogP contribution is 2.32. The highest BCUT2D eigenvalue weighted by Gasteiger charge is 2.23. The number of ether oxygens (including phenoxy) is 2. The molecule has 0 saturated heterocycles. The molecule has 1 aliphatic rings. The molecular formula is C21H29NO4. The molecule has 0 aromatic heterocycles. The molecule has 0 spiro atoms. The molecule has 2 rings (SSSR count). The van der Waals surface area contributed by atoms with E-state index >= 15 is 0 Å². The zero-order valence-corrected chi connectivity index (χ0v) is 16.4. The number of likely N-dealkylation sites (N-methyl/N-ethyl adjacent to an activating group) is 1. The second kappa shape index (κ2) is 8.88. The number of allylic oxidation sites excluding steroid dienone is 1. The molecule has 1 saturated carbocycles. The average molecular weight is 359 g/mol. The third kappa shape index (κ3) is 4.87. The predicted octanol–water partition coefficient (Wildman–Crippen LogP) is 3.71. The van der Waals surface area contributed by atoms with E-state index in [1.807, 2.05) is 32.1 Å². The summed E-state index contributed by atoms with van der Waals surface area (Å²) >= 11 is 0. The molecular weight excluding hydrogens is 330 g/mol. The minimum Gasteiger partial charge on any atom is -0.490 e. The normalized spacial score (nSPS) is 20.0. The van der Waals surface area contributed by atoms with Gasteiger partial charge >= 0.3 is 0 Å². The van der Waals surface area contributed by atoms with Gasteiger partial charge < -0.3 is 14.4 Å². The fourth-order valence-corrected chi connectivity index (χ4v) is 3.10. The molecule has 1 amide bonds. The van der Waals surface area contributed by atoms with Gasteiger partial charge in [0.05, 0.1) is 6.61 Å². The smallest absolute Gasteiger partial charge is 0.262 e. The SMILES string of the molecule is CCOc1cc(/C=C2\CCC[C@@H](C)C2=O)ccc1O[C@H](C)C(=O)N(C)C. The summed E-state index contributed by atoms with van der Waals surface area (Å²) < 4.78 is 11.5. The molecule has 1 aliphatic carbocycles. The number of carbonyl (C=O) groups excluding carboxylic acids is 2. The number of nitrogens with zero attached hydrogens (tertiary/aromatic N) is 1. The molecule has 0 aliphatic heterocycles. The number of rotatable bonds is 6. The molecule has 0 bridgehead atoms. The summed E-state index contributed by atoms with van der Waals surface area (Å²) in [5, 5.41) is 0. The van der Waals surface area contributed by atoms with Crippen LogP contribution in [0.3, 0.4) is 0 Å². The van der Waals surface area contributed by atoms with Crippen molar-refractivity contribution >= 4 is 17.8 Å². The predicted molar refractivity (Wildman–Crippen MR) is 102 cm³/mol. The molecule has 26 heavy (non-hydrogen) atoms. The number of ketones is 1. The molecule has 0 unspecified atom stereocenters. The van der Waals surface area contributed by atoms with Gasteiger partial charge in [0.2, 0.25) is 0 Å². The number of Topliss-reactive ketones (excluding diaryl/α,β-unsaturated/α-hetero) is 1. The van der Waals surface area contributed by atoms with E-state index in [2.05, 4.69) is 0 Å². The van der Waals surface area contributed by atoms with Crippen LogP contribution < -0.4 is 9.47 Å². The van der Waals surface area contributed by atoms with Crippen molar-refractivity contribution < 1.29 is 19.1 Å². The van der Waals surface area contributed by atoms with Crippen molar-refractivity contribution in [3.05, 3.63) is 29.3 Å². The van der Waals surface area contributed by atoms with Gasteiger partial charge in [-0.3, -0.25) is 9.59 Å². The number of hydrogen-bond acceptors (Lipinski definition) is 4. The van der Waals surface area contributed by atoms with Gasteiger partial charge in [0.15, 0.2) is 23.4 Å². The maximum Gasteiger partial charge on any atom is 0.262 e. The van der Waals surface area contributed by atoms with Crippen LogP contribution in [0, 0.1) is 5.92 Å². The van der Waals surface area contributed by atoms with Crippen LogP contribution in [0.1, 0.15) is 45.6 Å². The van der Waals surface area contributed by atoms with Gasteiger partial charge in [0.1, 0.15) is 0 Å². The van der Waals surface area contributed by atoms with Crippen LogP contribution in [-0.2, 0) is 9.59 Å². The molecule has 0 heterocycles. The first-order chi connectivity index (χ1) is 12.3. The molecule has 5 nitrogen and oxygen atoms in total. The van der Waals surface area contributed by atoms with Crippen LogP contribution in [0.5, 0.6) is 11.5 Å². The van der Waals surface area contributed by atoms with Crippen LogP contribution in [0.4, 0.5) is 0 Å². The first-order valence-corrected chi connectivity index (χ1v) is 9.23. The molecule has 2 atom stereocenters. The molecule has 0 radical (unpaired) electrons. The number of benzene rings is 1. The Bertz CT molecular complexity index is 693. The zero-order chi connectivity index (χ0) is 19.3. The van der Waals surface area contributed by atoms with E-state index in [0.717, 1.165) is 30.4 Å². The molecule has 1 aromatic carbocycles. The van der Waals surface area contributed by atoms with Crippen LogP contribution in [0.2, 0.25) is 0 Å². The minimum atomic E-state index is -0.603. The highest BCUT2D eigenvalue weighted by molar-refractivity contribution is 6.01. The number of amides is 1. The van der Waals surface area contributed by atoms with Crippen LogP contribution in [0.15, 0.2) is 23.8 Å². The Hall–Kier alpha value is -2.30. The lowest BCUT2D eigenvalue weighted by Crippen LogP contribution is -2.35. The van der Waals surface area contributed by atoms with Crippen molar-refractivity contribution in [1.29, 1.82) is 0 Å². The van der Waals surface area contributed by atoms with Gasteiger partial charge in [-0.2, -0.15) is 0 Å². The summed E-state index contributed by atoms with van der Waals surface area (Å²) in [7, 11) is 3.40. The van der Waals surface area contributed by atoms with Crippen LogP contribution in [-0.4, -0.2) is 43.4 Å². The fourth-order valence-electron chi connectivity index (χ4n) is 3.10. The van der Waals surface area contributed by atoms with E-state index in [4.69, 9.17) is 9.47 Å². The first-order valence-electron chi connectivity index (χ1n) is 9.23. The maximum atomic E-state index is 12.3. The van der Waals surface area contributed by atoms with E-state index in [9.17, 15) is 9.59 Å². The summed E-state index contributed by atoms with van der Waals surface area (Å²) in [6, 6.07) is 5.56. The Morgan fingerprint density at radius 1 is 1.35 bits per heavy atom. The third-order valence-electron chi connectivity index (χ3n) is 4.55. The summed E-state index contributed by atoms with van der Waals surface area (Å²) in [6.45, 7) is 6.09. The van der Waals surface area contributed by atoms with E-state index in [1.165, 1.54) is 4.90 Å². The molecule has 142 valence electrons. The minimum absolute atomic E-state index is 0.0989. The van der Waals surface area contributed by atoms with E-state index in [-0.39, 0.29) is 17.6 Å². The zero-order valence-electron chi connectivity index (χ0n) is 16.4. The highest BCUT2D eigenvalue weighted by atomic mass is 16.5. The molecule has 0 N–H and O–H groups in total. The van der Waals surface area contributed by atoms with Crippen molar-refractivity contribution in [2.45, 2.75) is 46.1 Å². The van der Waals surface area contributed by atoms with Gasteiger partial charge in [-0.15, -0.1) is 0 Å². The second-order valence-corrected chi connectivity index (χ2v) is 6.96. The standard InChI is InChI=1S/C21H29NO4/c1-6-25-19-13-16(12-17-9-7-8-14(2)20(17)23)10-11-18(19)26-15(3)21(24)22(4)5/h10-15H,6-9H2,1-5H3/b17-12+/t14-,15-/m1/s1. The molecule has 1 aromatic rings. The lowest BCUT2D eigenvalue weighted by atomic mass is 9.84. The van der Waals surface area contributed by atoms with Gasteiger partial charge in [0, 0.05) is 20.0 Å². The van der Waals surface area contributed by atoms with Crippen LogP contribution >= 0.6 is 0 Å². The third-order valence-corrected chi connectivity index (χ3v) is 4.55. The monoisotopic (exact) mass is 359 g/mol. The number of hydrogen-bond donors (Lipinski definition) is 0. The van der Waals surface area contributed by atoms with Crippen LogP contribution in [0.25, 0.3) is 6.08 Å². The summed E-state index contributed by atoms with van der Waals surface area (Å²) in [6.07, 6.45) is 4.17. The lowest BCUT2D eigenvalue weighted by Gasteiger charge is -2.21. The second-order valence-electron chi connectivity index (χ2n) is 6.96. The van der Waals surface area contributed by atoms with Gasteiger partial charge in [-0.05, 0) is 62.5 Å². The largest absolute Gasteiger partial charge is 0.490 e.